The topological polar surface area (TPSA) is 95.0 Å². The number of esters is 1. The lowest BCUT2D eigenvalue weighted by Gasteiger charge is -2.27. The average molecular weight is 372 g/mol. The Hall–Kier alpha value is -2.16. The van der Waals surface area contributed by atoms with Crippen molar-refractivity contribution in [1.29, 1.82) is 0 Å². The number of amides is 2. The fourth-order valence-electron chi connectivity index (χ4n) is 1.51. The van der Waals surface area contributed by atoms with Gasteiger partial charge in [-0.25, -0.2) is 19.4 Å². The molecule has 25 heavy (non-hydrogen) atoms. The largest absolute Gasteiger partial charge is 0.462 e. The predicted molar refractivity (Wildman–Crippen MR) is 93.0 cm³/mol. The van der Waals surface area contributed by atoms with Crippen molar-refractivity contribution in [2.75, 3.05) is 11.5 Å². The molecule has 1 heterocycles. The van der Waals surface area contributed by atoms with E-state index < -0.39 is 29.4 Å². The van der Waals surface area contributed by atoms with Crippen LogP contribution in [0.15, 0.2) is 6.20 Å². The maximum atomic E-state index is 12.4. The lowest BCUT2D eigenvalue weighted by atomic mass is 10.2. The fourth-order valence-corrected chi connectivity index (χ4v) is 2.30. The van der Waals surface area contributed by atoms with Gasteiger partial charge < -0.3 is 14.2 Å². The molecule has 0 aliphatic rings. The van der Waals surface area contributed by atoms with Crippen molar-refractivity contribution in [2.24, 2.45) is 0 Å². The Bertz CT molecular complexity index is 614. The summed E-state index contributed by atoms with van der Waals surface area (Å²) in [4.78, 5) is 41.5. The number of ether oxygens (including phenoxy) is 3. The SMILES string of the molecule is CCOC(=O)c1cnc(N(C(=O)OC(C)(C)C)C(=O)OC(C)(C)C)s1. The highest BCUT2D eigenvalue weighted by Gasteiger charge is 2.35. The van der Waals surface area contributed by atoms with Gasteiger partial charge >= 0.3 is 18.2 Å². The van der Waals surface area contributed by atoms with Gasteiger partial charge in [-0.05, 0) is 48.5 Å². The molecule has 8 nitrogen and oxygen atoms in total. The molecule has 0 aliphatic heterocycles. The first-order valence-corrected chi connectivity index (χ1v) is 8.54. The van der Waals surface area contributed by atoms with E-state index in [-0.39, 0.29) is 16.6 Å². The van der Waals surface area contributed by atoms with Gasteiger partial charge in [-0.2, -0.15) is 4.90 Å². The van der Waals surface area contributed by atoms with Gasteiger partial charge in [-0.1, -0.05) is 11.3 Å². The van der Waals surface area contributed by atoms with Gasteiger partial charge in [0.2, 0.25) is 5.13 Å². The minimum atomic E-state index is -0.938. The number of thiazole rings is 1. The second-order valence-electron chi connectivity index (χ2n) is 7.02. The smallest absolute Gasteiger partial charge is 0.426 e. The van der Waals surface area contributed by atoms with Crippen LogP contribution < -0.4 is 4.90 Å². The zero-order valence-electron chi connectivity index (χ0n) is 15.5. The van der Waals surface area contributed by atoms with Crippen molar-refractivity contribution in [3.05, 3.63) is 11.1 Å². The van der Waals surface area contributed by atoms with E-state index in [4.69, 9.17) is 14.2 Å². The van der Waals surface area contributed by atoms with E-state index in [1.54, 1.807) is 48.5 Å². The zero-order valence-corrected chi connectivity index (χ0v) is 16.4. The maximum Gasteiger partial charge on any atom is 0.426 e. The van der Waals surface area contributed by atoms with Crippen molar-refractivity contribution in [3.8, 4) is 0 Å². The van der Waals surface area contributed by atoms with Crippen LogP contribution in [-0.4, -0.2) is 40.9 Å². The fraction of sp³-hybridized carbons (Fsp3) is 0.625. The van der Waals surface area contributed by atoms with Crippen LogP contribution in [0, 0.1) is 0 Å². The van der Waals surface area contributed by atoms with Crippen molar-refractivity contribution in [2.45, 2.75) is 59.7 Å². The summed E-state index contributed by atoms with van der Waals surface area (Å²) in [6.45, 7) is 11.9. The van der Waals surface area contributed by atoms with E-state index in [0.717, 1.165) is 11.3 Å². The molecule has 0 spiro atoms. The molecule has 0 saturated carbocycles. The minimum Gasteiger partial charge on any atom is -0.462 e. The third kappa shape index (κ3) is 6.69. The molecule has 0 unspecified atom stereocenters. The van der Waals surface area contributed by atoms with Gasteiger partial charge in [0.25, 0.3) is 0 Å². The van der Waals surface area contributed by atoms with E-state index in [0.29, 0.717) is 4.90 Å². The number of hydrogen-bond donors (Lipinski definition) is 0. The summed E-state index contributed by atoms with van der Waals surface area (Å²) in [5, 5.41) is -0.0356. The standard InChI is InChI=1S/C16H24N2O6S/c1-8-22-11(19)10-9-17-12(25-10)18(13(20)23-15(2,3)4)14(21)24-16(5,6)7/h9H,8H2,1-7H3. The highest BCUT2D eigenvalue weighted by Crippen LogP contribution is 2.27. The Morgan fingerprint density at radius 1 is 1.04 bits per heavy atom. The molecule has 0 saturated heterocycles. The third-order valence-corrected chi connectivity index (χ3v) is 3.28. The molecule has 1 aromatic rings. The van der Waals surface area contributed by atoms with Crippen LogP contribution in [0.4, 0.5) is 14.7 Å². The Kier molecular flexibility index (Phi) is 6.53. The summed E-state index contributed by atoms with van der Waals surface area (Å²) < 4.78 is 15.4. The van der Waals surface area contributed by atoms with E-state index in [2.05, 4.69) is 4.98 Å². The van der Waals surface area contributed by atoms with Crippen molar-refractivity contribution < 1.29 is 28.6 Å². The number of hydrogen-bond acceptors (Lipinski definition) is 8. The average Bonchev–Trinajstić information content (AvgIpc) is 2.84. The number of rotatable bonds is 3. The molecule has 1 aromatic heterocycles. The Balaban J connectivity index is 3.16. The first kappa shape index (κ1) is 20.9. The van der Waals surface area contributed by atoms with Crippen LogP contribution in [0.5, 0.6) is 0 Å². The first-order valence-electron chi connectivity index (χ1n) is 7.73. The number of imide groups is 1. The molecular weight excluding hydrogens is 348 g/mol. The van der Waals surface area contributed by atoms with Crippen LogP contribution in [0.3, 0.4) is 0 Å². The molecule has 0 radical (unpaired) electrons. The summed E-state index contributed by atoms with van der Waals surface area (Å²) in [5.41, 5.74) is -1.64. The number of carbonyl (C=O) groups is 3. The zero-order chi connectivity index (χ0) is 19.4. The molecule has 140 valence electrons. The van der Waals surface area contributed by atoms with Gasteiger partial charge in [0.05, 0.1) is 12.8 Å². The van der Waals surface area contributed by atoms with Gasteiger partial charge in [-0.3, -0.25) is 0 Å². The molecular formula is C16H24N2O6S. The highest BCUT2D eigenvalue weighted by atomic mass is 32.1. The minimum absolute atomic E-state index is 0.0356. The second-order valence-corrected chi connectivity index (χ2v) is 8.03. The second kappa shape index (κ2) is 7.81. The number of aromatic nitrogens is 1. The quantitative estimate of drug-likeness (QED) is 0.584. The molecule has 0 fully saturated rings. The van der Waals surface area contributed by atoms with E-state index >= 15 is 0 Å². The molecule has 0 N–H and O–H groups in total. The normalized spacial score (nSPS) is 11.6. The van der Waals surface area contributed by atoms with E-state index in [1.165, 1.54) is 6.20 Å². The predicted octanol–water partition coefficient (Wildman–Crippen LogP) is 4.00. The third-order valence-electron chi connectivity index (χ3n) is 2.31. The maximum absolute atomic E-state index is 12.4. The van der Waals surface area contributed by atoms with Crippen LogP contribution in [-0.2, 0) is 14.2 Å². The molecule has 0 aromatic carbocycles. The number of nitrogens with zero attached hydrogens (tertiary/aromatic N) is 2. The van der Waals surface area contributed by atoms with Crippen LogP contribution in [0.25, 0.3) is 0 Å². The van der Waals surface area contributed by atoms with Crippen LogP contribution in [0.2, 0.25) is 0 Å². The molecule has 9 heteroatoms. The summed E-state index contributed by atoms with van der Waals surface area (Å²) in [6, 6.07) is 0. The Morgan fingerprint density at radius 3 is 1.92 bits per heavy atom. The lowest BCUT2D eigenvalue weighted by Crippen LogP contribution is -2.43. The Labute approximate surface area is 151 Å². The first-order chi connectivity index (χ1) is 11.3. The van der Waals surface area contributed by atoms with Gasteiger partial charge in [0, 0.05) is 0 Å². The summed E-state index contributed by atoms with van der Waals surface area (Å²) in [7, 11) is 0. The number of anilines is 1. The molecule has 0 aliphatic carbocycles. The van der Waals surface area contributed by atoms with Gasteiger partial charge in [0.15, 0.2) is 0 Å². The lowest BCUT2D eigenvalue weighted by molar-refractivity contribution is 0.0428. The number of carbonyl (C=O) groups excluding carboxylic acids is 3. The van der Waals surface area contributed by atoms with Gasteiger partial charge in [0.1, 0.15) is 16.1 Å². The van der Waals surface area contributed by atoms with Crippen LogP contribution in [0.1, 0.15) is 58.1 Å². The highest BCUT2D eigenvalue weighted by molar-refractivity contribution is 7.17. The van der Waals surface area contributed by atoms with Crippen molar-refractivity contribution in [1.82, 2.24) is 4.98 Å². The van der Waals surface area contributed by atoms with Crippen molar-refractivity contribution >= 4 is 34.6 Å². The Morgan fingerprint density at radius 2 is 1.52 bits per heavy atom. The monoisotopic (exact) mass is 372 g/mol. The molecule has 1 rings (SSSR count). The summed E-state index contributed by atoms with van der Waals surface area (Å²) >= 11 is 0.836. The van der Waals surface area contributed by atoms with Crippen LogP contribution >= 0.6 is 11.3 Å². The van der Waals surface area contributed by atoms with E-state index in [1.807, 2.05) is 0 Å². The molecule has 0 atom stereocenters. The summed E-state index contributed by atoms with van der Waals surface area (Å²) in [6.07, 6.45) is -0.641. The van der Waals surface area contributed by atoms with Gasteiger partial charge in [-0.15, -0.1) is 0 Å². The molecule has 2 amide bonds. The molecule has 0 bridgehead atoms. The van der Waals surface area contributed by atoms with Crippen molar-refractivity contribution in [3.63, 3.8) is 0 Å². The summed E-state index contributed by atoms with van der Waals surface area (Å²) in [5.74, 6) is -0.584. The van der Waals surface area contributed by atoms with E-state index in [9.17, 15) is 14.4 Å².